The van der Waals surface area contributed by atoms with Gasteiger partial charge in [0.2, 0.25) is 5.89 Å². The second kappa shape index (κ2) is 3.68. The van der Waals surface area contributed by atoms with Crippen molar-refractivity contribution in [2.24, 2.45) is 0 Å². The van der Waals surface area contributed by atoms with Gasteiger partial charge in [0.1, 0.15) is 0 Å². The third-order valence-electron chi connectivity index (χ3n) is 1.46. The van der Waals surface area contributed by atoms with Crippen LogP contribution in [-0.4, -0.2) is 15.7 Å². The standard InChI is InChI=1S/C8H7N3O.H2O/c9-8-11-10-7(12-8)6-4-2-1-3-5-6;/h1-5H,(H2,9,11);1H2. The highest BCUT2D eigenvalue weighted by atomic mass is 16.4. The van der Waals surface area contributed by atoms with Gasteiger partial charge >= 0.3 is 6.01 Å². The lowest BCUT2D eigenvalue weighted by atomic mass is 10.2. The summed E-state index contributed by atoms with van der Waals surface area (Å²) in [5, 5.41) is 7.30. The van der Waals surface area contributed by atoms with Gasteiger partial charge in [-0.25, -0.2) is 0 Å². The molecule has 5 heteroatoms. The Kier molecular flexibility index (Phi) is 2.61. The minimum atomic E-state index is 0. The van der Waals surface area contributed by atoms with Crippen LogP contribution in [0.2, 0.25) is 0 Å². The van der Waals surface area contributed by atoms with Crippen LogP contribution in [0.25, 0.3) is 11.5 Å². The highest BCUT2D eigenvalue weighted by molar-refractivity contribution is 5.52. The molecule has 2 rings (SSSR count). The zero-order valence-electron chi connectivity index (χ0n) is 6.77. The maximum Gasteiger partial charge on any atom is 0.313 e. The lowest BCUT2D eigenvalue weighted by molar-refractivity contribution is 0.590. The molecule has 0 aliphatic rings. The fourth-order valence-electron chi connectivity index (χ4n) is 0.932. The summed E-state index contributed by atoms with van der Waals surface area (Å²) >= 11 is 0. The first-order valence-electron chi connectivity index (χ1n) is 3.50. The van der Waals surface area contributed by atoms with Gasteiger partial charge < -0.3 is 15.6 Å². The van der Waals surface area contributed by atoms with Crippen LogP contribution in [0, 0.1) is 0 Å². The van der Waals surface area contributed by atoms with E-state index < -0.39 is 0 Å². The van der Waals surface area contributed by atoms with E-state index in [1.165, 1.54) is 0 Å². The lowest BCUT2D eigenvalue weighted by Gasteiger charge is -1.90. The van der Waals surface area contributed by atoms with Crippen LogP contribution in [0.3, 0.4) is 0 Å². The van der Waals surface area contributed by atoms with Gasteiger partial charge in [-0.1, -0.05) is 23.3 Å². The van der Waals surface area contributed by atoms with Crippen molar-refractivity contribution in [2.45, 2.75) is 0 Å². The molecule has 1 heterocycles. The molecule has 0 aliphatic carbocycles. The molecule has 68 valence electrons. The predicted molar refractivity (Wildman–Crippen MR) is 47.8 cm³/mol. The van der Waals surface area contributed by atoms with E-state index in [-0.39, 0.29) is 11.5 Å². The largest absolute Gasteiger partial charge is 0.412 e. The van der Waals surface area contributed by atoms with E-state index >= 15 is 0 Å². The number of anilines is 1. The average Bonchev–Trinajstić information content (AvgIpc) is 2.54. The van der Waals surface area contributed by atoms with Crippen molar-refractivity contribution in [1.82, 2.24) is 10.2 Å². The molecule has 2 aromatic rings. The third-order valence-corrected chi connectivity index (χ3v) is 1.46. The Morgan fingerprint density at radius 1 is 1.08 bits per heavy atom. The number of rotatable bonds is 1. The molecule has 0 atom stereocenters. The first-order chi connectivity index (χ1) is 5.86. The summed E-state index contributed by atoms with van der Waals surface area (Å²) in [7, 11) is 0. The zero-order valence-corrected chi connectivity index (χ0v) is 6.77. The van der Waals surface area contributed by atoms with Gasteiger partial charge in [0, 0.05) is 5.56 Å². The number of benzene rings is 1. The van der Waals surface area contributed by atoms with Crippen LogP contribution < -0.4 is 5.73 Å². The highest BCUT2D eigenvalue weighted by Crippen LogP contribution is 2.16. The minimum Gasteiger partial charge on any atom is -0.412 e. The fraction of sp³-hybridized carbons (Fsp3) is 0. The Balaban J connectivity index is 0.000000845. The molecule has 0 spiro atoms. The molecule has 0 fully saturated rings. The summed E-state index contributed by atoms with van der Waals surface area (Å²) in [6, 6.07) is 9.57. The molecule has 0 saturated heterocycles. The minimum absolute atomic E-state index is 0. The molecule has 0 saturated carbocycles. The van der Waals surface area contributed by atoms with Gasteiger partial charge in [0.05, 0.1) is 0 Å². The van der Waals surface area contributed by atoms with Crippen molar-refractivity contribution >= 4 is 6.01 Å². The zero-order chi connectivity index (χ0) is 8.39. The summed E-state index contributed by atoms with van der Waals surface area (Å²) in [5.74, 6) is 0.452. The highest BCUT2D eigenvalue weighted by Gasteiger charge is 2.03. The first-order valence-corrected chi connectivity index (χ1v) is 3.50. The fourth-order valence-corrected chi connectivity index (χ4v) is 0.932. The molecule has 0 aliphatic heterocycles. The Labute approximate surface area is 74.5 Å². The molecule has 1 aromatic carbocycles. The van der Waals surface area contributed by atoms with E-state index in [4.69, 9.17) is 10.2 Å². The number of nitrogens with zero attached hydrogens (tertiary/aromatic N) is 2. The second-order valence-corrected chi connectivity index (χ2v) is 2.31. The molecule has 0 amide bonds. The lowest BCUT2D eigenvalue weighted by Crippen LogP contribution is -1.81. The number of nitrogen functional groups attached to an aromatic ring is 1. The van der Waals surface area contributed by atoms with Gasteiger partial charge in [-0.3, -0.25) is 0 Å². The summed E-state index contributed by atoms with van der Waals surface area (Å²) in [5.41, 5.74) is 6.15. The van der Waals surface area contributed by atoms with Crippen molar-refractivity contribution < 1.29 is 9.89 Å². The van der Waals surface area contributed by atoms with Gasteiger partial charge in [-0.15, -0.1) is 5.10 Å². The topological polar surface area (TPSA) is 96.4 Å². The molecular weight excluding hydrogens is 170 g/mol. The first kappa shape index (κ1) is 9.21. The van der Waals surface area contributed by atoms with Crippen molar-refractivity contribution in [3.05, 3.63) is 30.3 Å². The normalized spacial score (nSPS) is 9.23. The van der Waals surface area contributed by atoms with Gasteiger partial charge in [0.25, 0.3) is 0 Å². The van der Waals surface area contributed by atoms with Crippen molar-refractivity contribution in [1.29, 1.82) is 0 Å². The second-order valence-electron chi connectivity index (χ2n) is 2.31. The summed E-state index contributed by atoms with van der Waals surface area (Å²) in [6.45, 7) is 0. The summed E-state index contributed by atoms with van der Waals surface area (Å²) in [6.07, 6.45) is 0. The van der Waals surface area contributed by atoms with Gasteiger partial charge in [-0.05, 0) is 12.1 Å². The van der Waals surface area contributed by atoms with Crippen LogP contribution in [0.5, 0.6) is 0 Å². The predicted octanol–water partition coefficient (Wildman–Crippen LogP) is 0.494. The monoisotopic (exact) mass is 179 g/mol. The maximum atomic E-state index is 5.28. The third kappa shape index (κ3) is 1.83. The summed E-state index contributed by atoms with van der Waals surface area (Å²) < 4.78 is 5.03. The van der Waals surface area contributed by atoms with E-state index in [1.54, 1.807) is 0 Å². The number of hydrogen-bond acceptors (Lipinski definition) is 4. The number of nitrogens with two attached hydrogens (primary N) is 1. The average molecular weight is 179 g/mol. The van der Waals surface area contributed by atoms with E-state index in [9.17, 15) is 0 Å². The van der Waals surface area contributed by atoms with Crippen LogP contribution in [0.4, 0.5) is 6.01 Å². The smallest absolute Gasteiger partial charge is 0.313 e. The Morgan fingerprint density at radius 3 is 2.31 bits per heavy atom. The Morgan fingerprint density at radius 2 is 1.77 bits per heavy atom. The Hall–Kier alpha value is -1.88. The molecule has 0 unspecified atom stereocenters. The SMILES string of the molecule is Nc1nnc(-c2ccccc2)o1.O. The molecule has 5 nitrogen and oxygen atoms in total. The van der Waals surface area contributed by atoms with Crippen LogP contribution >= 0.6 is 0 Å². The van der Waals surface area contributed by atoms with Gasteiger partial charge in [-0.2, -0.15) is 0 Å². The number of hydrogen-bond donors (Lipinski definition) is 1. The van der Waals surface area contributed by atoms with Crippen molar-refractivity contribution in [3.8, 4) is 11.5 Å². The van der Waals surface area contributed by atoms with Crippen LogP contribution in [0.15, 0.2) is 34.7 Å². The van der Waals surface area contributed by atoms with E-state index in [0.717, 1.165) is 5.56 Å². The van der Waals surface area contributed by atoms with Crippen molar-refractivity contribution in [3.63, 3.8) is 0 Å². The van der Waals surface area contributed by atoms with Crippen LogP contribution in [0.1, 0.15) is 0 Å². The number of aromatic nitrogens is 2. The van der Waals surface area contributed by atoms with Crippen molar-refractivity contribution in [2.75, 3.05) is 5.73 Å². The molecular formula is C8H9N3O2. The van der Waals surface area contributed by atoms with Gasteiger partial charge in [0.15, 0.2) is 0 Å². The van der Waals surface area contributed by atoms with E-state index in [2.05, 4.69) is 10.2 Å². The molecule has 1 aromatic heterocycles. The molecule has 0 bridgehead atoms. The molecule has 0 radical (unpaired) electrons. The molecule has 13 heavy (non-hydrogen) atoms. The quantitative estimate of drug-likeness (QED) is 0.689. The summed E-state index contributed by atoms with van der Waals surface area (Å²) in [4.78, 5) is 0. The Bertz CT molecular complexity index is 372. The maximum absolute atomic E-state index is 5.28. The molecule has 4 N–H and O–H groups in total. The van der Waals surface area contributed by atoms with E-state index in [0.29, 0.717) is 5.89 Å². The van der Waals surface area contributed by atoms with Crippen LogP contribution in [-0.2, 0) is 0 Å². The van der Waals surface area contributed by atoms with E-state index in [1.807, 2.05) is 30.3 Å².